The molecule has 0 aliphatic heterocycles. The minimum absolute atomic E-state index is 0.822. The molecule has 0 spiro atoms. The number of unbranched alkanes of at least 4 members (excludes halogenated alkanes) is 8. The fourth-order valence-electron chi connectivity index (χ4n) is 1.75. The smallest absolute Gasteiger partial charge is 0.361 e. The highest BCUT2D eigenvalue weighted by atomic mass is 32.3. The van der Waals surface area contributed by atoms with E-state index in [1.807, 2.05) is 0 Å². The summed E-state index contributed by atoms with van der Waals surface area (Å²) >= 11 is 0. The molecule has 0 saturated heterocycles. The van der Waals surface area contributed by atoms with Gasteiger partial charge >= 0.3 is 10.4 Å². The van der Waals surface area contributed by atoms with Crippen LogP contribution < -0.4 is 0 Å². The van der Waals surface area contributed by atoms with Crippen LogP contribution in [-0.4, -0.2) is 8.42 Å². The van der Waals surface area contributed by atoms with E-state index in [1.54, 1.807) is 12.2 Å². The SMILES string of the molecule is CCCCCCC=COS(=O)(=O)OC=CCCCCCC. The Bertz CT molecular complexity index is 342. The standard InChI is InChI=1S/C16H30O4S/c1-3-5-7-9-11-13-15-19-21(17,18)20-16-14-12-10-8-6-4-2/h13-16H,3-12H2,1-2H3. The molecular formula is C16H30O4S. The van der Waals surface area contributed by atoms with Gasteiger partial charge in [-0.3, -0.25) is 0 Å². The van der Waals surface area contributed by atoms with Gasteiger partial charge in [0.15, 0.2) is 0 Å². The lowest BCUT2D eigenvalue weighted by Crippen LogP contribution is -2.02. The number of hydrogen-bond donors (Lipinski definition) is 0. The van der Waals surface area contributed by atoms with E-state index in [2.05, 4.69) is 22.2 Å². The molecule has 4 nitrogen and oxygen atoms in total. The summed E-state index contributed by atoms with van der Waals surface area (Å²) in [6.07, 6.45) is 16.7. The Hall–Kier alpha value is -0.970. The van der Waals surface area contributed by atoms with Gasteiger partial charge in [-0.05, 0) is 37.8 Å². The van der Waals surface area contributed by atoms with Crippen LogP contribution in [0.15, 0.2) is 24.7 Å². The van der Waals surface area contributed by atoms with Crippen molar-refractivity contribution in [1.29, 1.82) is 0 Å². The molecule has 0 aliphatic rings. The molecule has 0 unspecified atom stereocenters. The zero-order valence-corrected chi connectivity index (χ0v) is 14.2. The van der Waals surface area contributed by atoms with Crippen molar-refractivity contribution in [2.45, 2.75) is 78.1 Å². The molecule has 0 saturated carbocycles. The van der Waals surface area contributed by atoms with Crippen LogP contribution in [0.3, 0.4) is 0 Å². The second-order valence-electron chi connectivity index (χ2n) is 5.04. The number of hydrogen-bond acceptors (Lipinski definition) is 4. The molecule has 0 aliphatic carbocycles. The predicted molar refractivity (Wildman–Crippen MR) is 86.9 cm³/mol. The second kappa shape index (κ2) is 14.0. The van der Waals surface area contributed by atoms with E-state index in [4.69, 9.17) is 0 Å². The van der Waals surface area contributed by atoms with E-state index >= 15 is 0 Å². The van der Waals surface area contributed by atoms with Crippen LogP contribution in [-0.2, 0) is 18.8 Å². The summed E-state index contributed by atoms with van der Waals surface area (Å²) in [5, 5.41) is 0. The Morgan fingerprint density at radius 2 is 1.14 bits per heavy atom. The van der Waals surface area contributed by atoms with Crippen molar-refractivity contribution in [3.05, 3.63) is 24.7 Å². The van der Waals surface area contributed by atoms with Crippen LogP contribution >= 0.6 is 0 Å². The normalized spacial score (nSPS) is 12.3. The third-order valence-corrected chi connectivity index (χ3v) is 3.68. The van der Waals surface area contributed by atoms with Crippen LogP contribution in [0.25, 0.3) is 0 Å². The summed E-state index contributed by atoms with van der Waals surface area (Å²) in [7, 11) is -3.95. The first kappa shape index (κ1) is 20.0. The Kier molecular flexibility index (Phi) is 13.3. The van der Waals surface area contributed by atoms with Crippen LogP contribution in [0.5, 0.6) is 0 Å². The Morgan fingerprint density at radius 3 is 1.52 bits per heavy atom. The van der Waals surface area contributed by atoms with Crippen molar-refractivity contribution in [2.75, 3.05) is 0 Å². The van der Waals surface area contributed by atoms with Crippen LogP contribution in [0, 0.1) is 0 Å². The molecule has 5 heteroatoms. The number of rotatable bonds is 14. The first-order valence-corrected chi connectivity index (χ1v) is 9.37. The van der Waals surface area contributed by atoms with Crippen molar-refractivity contribution in [3.63, 3.8) is 0 Å². The third kappa shape index (κ3) is 15.2. The van der Waals surface area contributed by atoms with E-state index in [1.165, 1.54) is 38.2 Å². The average molecular weight is 318 g/mol. The Morgan fingerprint density at radius 1 is 0.714 bits per heavy atom. The second-order valence-corrected chi connectivity index (χ2v) is 6.24. The number of allylic oxidation sites excluding steroid dienone is 2. The minimum atomic E-state index is -3.95. The lowest BCUT2D eigenvalue weighted by Gasteiger charge is -2.00. The van der Waals surface area contributed by atoms with Gasteiger partial charge in [-0.25, -0.2) is 0 Å². The van der Waals surface area contributed by atoms with Gasteiger partial charge in [-0.1, -0.05) is 52.4 Å². The maximum Gasteiger partial charge on any atom is 0.499 e. The van der Waals surface area contributed by atoms with Gasteiger partial charge in [0.1, 0.15) is 12.5 Å². The highest BCUT2D eigenvalue weighted by Crippen LogP contribution is 2.06. The highest BCUT2D eigenvalue weighted by Gasteiger charge is 2.07. The van der Waals surface area contributed by atoms with Crippen molar-refractivity contribution in [1.82, 2.24) is 0 Å². The maximum absolute atomic E-state index is 11.4. The molecule has 0 heterocycles. The monoisotopic (exact) mass is 318 g/mol. The molecule has 0 N–H and O–H groups in total. The summed E-state index contributed by atoms with van der Waals surface area (Å²) in [4.78, 5) is 0. The van der Waals surface area contributed by atoms with Gasteiger partial charge < -0.3 is 8.37 Å². The van der Waals surface area contributed by atoms with Gasteiger partial charge in [0.25, 0.3) is 0 Å². The largest absolute Gasteiger partial charge is 0.499 e. The molecule has 0 aromatic rings. The van der Waals surface area contributed by atoms with Gasteiger partial charge in [0.05, 0.1) is 0 Å². The highest BCUT2D eigenvalue weighted by molar-refractivity contribution is 7.82. The van der Waals surface area contributed by atoms with Crippen molar-refractivity contribution >= 4 is 10.4 Å². The van der Waals surface area contributed by atoms with Gasteiger partial charge in [-0.15, -0.1) is 8.42 Å². The molecule has 0 aromatic carbocycles. The van der Waals surface area contributed by atoms with Crippen molar-refractivity contribution in [2.24, 2.45) is 0 Å². The molecule has 0 atom stereocenters. The van der Waals surface area contributed by atoms with Crippen LogP contribution in [0.2, 0.25) is 0 Å². The fraction of sp³-hybridized carbons (Fsp3) is 0.750. The lowest BCUT2D eigenvalue weighted by atomic mass is 10.2. The van der Waals surface area contributed by atoms with Crippen molar-refractivity contribution < 1.29 is 16.8 Å². The molecule has 0 rings (SSSR count). The molecule has 0 aromatic heterocycles. The van der Waals surface area contributed by atoms with Crippen LogP contribution in [0.1, 0.15) is 78.1 Å². The zero-order chi connectivity index (χ0) is 15.8. The molecule has 0 amide bonds. The van der Waals surface area contributed by atoms with E-state index in [0.717, 1.165) is 38.5 Å². The van der Waals surface area contributed by atoms with E-state index < -0.39 is 10.4 Å². The van der Waals surface area contributed by atoms with E-state index in [0.29, 0.717) is 0 Å². The molecule has 0 bridgehead atoms. The van der Waals surface area contributed by atoms with Gasteiger partial charge in [0, 0.05) is 0 Å². The van der Waals surface area contributed by atoms with Crippen molar-refractivity contribution in [3.8, 4) is 0 Å². The summed E-state index contributed by atoms with van der Waals surface area (Å²) in [6, 6.07) is 0. The first-order chi connectivity index (χ1) is 10.1. The first-order valence-electron chi connectivity index (χ1n) is 8.04. The lowest BCUT2D eigenvalue weighted by molar-refractivity contribution is 0.334. The Labute approximate surface area is 130 Å². The summed E-state index contributed by atoms with van der Waals surface area (Å²) < 4.78 is 31.9. The Balaban J connectivity index is 3.68. The fourth-order valence-corrected chi connectivity index (χ4v) is 2.23. The molecule has 21 heavy (non-hydrogen) atoms. The average Bonchev–Trinajstić information content (AvgIpc) is 2.45. The predicted octanol–water partition coefficient (Wildman–Crippen LogP) is 5.23. The topological polar surface area (TPSA) is 52.6 Å². The van der Waals surface area contributed by atoms with E-state index in [-0.39, 0.29) is 0 Å². The molecular weight excluding hydrogens is 288 g/mol. The van der Waals surface area contributed by atoms with Crippen LogP contribution in [0.4, 0.5) is 0 Å². The van der Waals surface area contributed by atoms with Gasteiger partial charge in [-0.2, -0.15) is 0 Å². The minimum Gasteiger partial charge on any atom is -0.361 e. The maximum atomic E-state index is 11.4. The quantitative estimate of drug-likeness (QED) is 0.325. The van der Waals surface area contributed by atoms with Gasteiger partial charge in [0.2, 0.25) is 0 Å². The summed E-state index contributed by atoms with van der Waals surface area (Å²) in [6.45, 7) is 4.31. The third-order valence-electron chi connectivity index (χ3n) is 2.99. The molecule has 0 fully saturated rings. The summed E-state index contributed by atoms with van der Waals surface area (Å²) in [5.41, 5.74) is 0. The molecule has 124 valence electrons. The summed E-state index contributed by atoms with van der Waals surface area (Å²) in [5.74, 6) is 0. The molecule has 0 radical (unpaired) electrons. The zero-order valence-electron chi connectivity index (χ0n) is 13.4. The van der Waals surface area contributed by atoms with E-state index in [9.17, 15) is 8.42 Å².